The molecule has 1 heterocycles. The van der Waals surface area contributed by atoms with E-state index in [9.17, 15) is 22.4 Å². The first-order valence-corrected chi connectivity index (χ1v) is 11.8. The monoisotopic (exact) mass is 500 g/mol. The molecule has 1 fully saturated rings. The number of alkyl halides is 3. The summed E-state index contributed by atoms with van der Waals surface area (Å²) in [5.74, 6) is -1.26. The minimum atomic E-state index is -4.65. The van der Waals surface area contributed by atoms with Gasteiger partial charge in [-0.05, 0) is 41.3 Å². The number of urea groups is 1. The van der Waals surface area contributed by atoms with Crippen molar-refractivity contribution in [1.29, 1.82) is 0 Å². The number of hydrogen-bond donors (Lipinski definition) is 1. The second kappa shape index (κ2) is 11.1. The molecule has 8 heteroatoms. The fourth-order valence-corrected chi connectivity index (χ4v) is 4.94. The summed E-state index contributed by atoms with van der Waals surface area (Å²) in [5, 5.41) is 2.67. The number of nitrogens with zero attached hydrogens (tertiary/aromatic N) is 1. The lowest BCUT2D eigenvalue weighted by Gasteiger charge is -2.42. The van der Waals surface area contributed by atoms with Gasteiger partial charge in [-0.15, -0.1) is 0 Å². The highest BCUT2D eigenvalue weighted by molar-refractivity contribution is 5.74. The van der Waals surface area contributed by atoms with Crippen LogP contribution in [0.4, 0.5) is 22.4 Å². The molecule has 1 aliphatic rings. The topological polar surface area (TPSA) is 41.6 Å². The van der Waals surface area contributed by atoms with E-state index in [2.05, 4.69) is 5.32 Å². The molecule has 36 heavy (non-hydrogen) atoms. The molecule has 0 aliphatic carbocycles. The van der Waals surface area contributed by atoms with Gasteiger partial charge in [0.05, 0.1) is 18.3 Å². The fourth-order valence-electron chi connectivity index (χ4n) is 4.94. The minimum absolute atomic E-state index is 0.116. The van der Waals surface area contributed by atoms with E-state index in [1.165, 1.54) is 0 Å². The average molecular weight is 501 g/mol. The summed E-state index contributed by atoms with van der Waals surface area (Å²) in [6.07, 6.45) is -4.52. The molecule has 0 saturated carbocycles. The molecule has 2 amide bonds. The number of halogens is 4. The Labute approximate surface area is 207 Å². The van der Waals surface area contributed by atoms with Crippen LogP contribution in [0.1, 0.15) is 34.6 Å². The SMILES string of the molecule is CNC(=O)N1CCC(OCc2cc(F)cc(C(F)(F)F)c2)C(C(c2ccccc2)c2ccccc2)C1. The molecule has 0 aromatic heterocycles. The maximum absolute atomic E-state index is 13.9. The molecular formula is C28H28F4N2O2. The van der Waals surface area contributed by atoms with E-state index in [1.54, 1.807) is 11.9 Å². The number of carbonyl (C=O) groups excluding carboxylic acids is 1. The van der Waals surface area contributed by atoms with Gasteiger partial charge in [0.1, 0.15) is 5.82 Å². The molecule has 0 spiro atoms. The number of likely N-dealkylation sites (tertiary alicyclic amines) is 1. The molecule has 2 atom stereocenters. The number of ether oxygens (including phenoxy) is 1. The molecular weight excluding hydrogens is 472 g/mol. The highest BCUT2D eigenvalue weighted by Crippen LogP contribution is 2.39. The van der Waals surface area contributed by atoms with Crippen LogP contribution in [-0.2, 0) is 17.5 Å². The third-order valence-electron chi connectivity index (χ3n) is 6.59. The van der Waals surface area contributed by atoms with Crippen LogP contribution < -0.4 is 5.32 Å². The first-order valence-electron chi connectivity index (χ1n) is 11.8. The van der Waals surface area contributed by atoms with Gasteiger partial charge >= 0.3 is 12.2 Å². The number of piperidine rings is 1. The lowest BCUT2D eigenvalue weighted by molar-refractivity contribution is -0.137. The van der Waals surface area contributed by atoms with E-state index in [-0.39, 0.29) is 36.1 Å². The first kappa shape index (κ1) is 25.7. The summed E-state index contributed by atoms with van der Waals surface area (Å²) >= 11 is 0. The van der Waals surface area contributed by atoms with Crippen molar-refractivity contribution in [2.75, 3.05) is 20.1 Å². The molecule has 4 rings (SSSR count). The van der Waals surface area contributed by atoms with Crippen LogP contribution in [0.25, 0.3) is 0 Å². The molecule has 190 valence electrons. The number of carbonyl (C=O) groups is 1. The van der Waals surface area contributed by atoms with Crippen molar-refractivity contribution in [2.24, 2.45) is 5.92 Å². The molecule has 0 bridgehead atoms. The lowest BCUT2D eigenvalue weighted by atomic mass is 9.75. The third-order valence-corrected chi connectivity index (χ3v) is 6.59. The van der Waals surface area contributed by atoms with Crippen molar-refractivity contribution >= 4 is 6.03 Å². The molecule has 3 aromatic carbocycles. The third kappa shape index (κ3) is 6.05. The first-order chi connectivity index (χ1) is 17.3. The van der Waals surface area contributed by atoms with Crippen molar-refractivity contribution in [1.82, 2.24) is 10.2 Å². The van der Waals surface area contributed by atoms with Gasteiger partial charge in [0, 0.05) is 32.0 Å². The number of benzene rings is 3. The average Bonchev–Trinajstić information content (AvgIpc) is 2.88. The summed E-state index contributed by atoms with van der Waals surface area (Å²) in [4.78, 5) is 14.2. The van der Waals surface area contributed by atoms with Gasteiger partial charge < -0.3 is 15.0 Å². The zero-order chi connectivity index (χ0) is 25.7. The smallest absolute Gasteiger partial charge is 0.373 e. The highest BCUT2D eigenvalue weighted by atomic mass is 19.4. The van der Waals surface area contributed by atoms with Crippen molar-refractivity contribution < 1.29 is 27.1 Å². The number of amides is 2. The molecule has 0 radical (unpaired) electrons. The van der Waals surface area contributed by atoms with Crippen LogP contribution in [0.2, 0.25) is 0 Å². The van der Waals surface area contributed by atoms with Crippen molar-refractivity contribution in [3.05, 3.63) is 107 Å². The Balaban J connectivity index is 1.66. The van der Waals surface area contributed by atoms with Crippen LogP contribution in [0, 0.1) is 11.7 Å². The molecule has 1 N–H and O–H groups in total. The van der Waals surface area contributed by atoms with Gasteiger partial charge in [-0.3, -0.25) is 0 Å². The molecule has 1 saturated heterocycles. The molecule has 2 unspecified atom stereocenters. The summed E-state index contributed by atoms with van der Waals surface area (Å²) in [7, 11) is 1.58. The summed E-state index contributed by atoms with van der Waals surface area (Å²) in [6, 6.07) is 22.0. The van der Waals surface area contributed by atoms with Gasteiger partial charge in [-0.25, -0.2) is 9.18 Å². The largest absolute Gasteiger partial charge is 0.416 e. The minimum Gasteiger partial charge on any atom is -0.373 e. The van der Waals surface area contributed by atoms with Crippen molar-refractivity contribution in [3.8, 4) is 0 Å². The van der Waals surface area contributed by atoms with E-state index in [4.69, 9.17) is 4.74 Å². The highest BCUT2D eigenvalue weighted by Gasteiger charge is 2.38. The van der Waals surface area contributed by atoms with E-state index >= 15 is 0 Å². The van der Waals surface area contributed by atoms with Gasteiger partial charge in [0.25, 0.3) is 0 Å². The Bertz CT molecular complexity index is 1120. The normalized spacial score (nSPS) is 18.3. The second-order valence-corrected chi connectivity index (χ2v) is 8.95. The quantitative estimate of drug-likeness (QED) is 0.408. The summed E-state index contributed by atoms with van der Waals surface area (Å²) in [5.41, 5.74) is 1.17. The van der Waals surface area contributed by atoms with Gasteiger partial charge in [0.15, 0.2) is 0 Å². The van der Waals surface area contributed by atoms with E-state index in [1.807, 2.05) is 60.7 Å². The van der Waals surface area contributed by atoms with Crippen molar-refractivity contribution in [2.45, 2.75) is 31.2 Å². The van der Waals surface area contributed by atoms with Crippen LogP contribution in [0.3, 0.4) is 0 Å². The Morgan fingerprint density at radius 1 is 1.03 bits per heavy atom. The summed E-state index contributed by atoms with van der Waals surface area (Å²) in [6.45, 7) is 0.669. The number of nitrogens with one attached hydrogen (secondary N) is 1. The van der Waals surface area contributed by atoms with E-state index in [0.717, 1.165) is 23.3 Å². The Morgan fingerprint density at radius 3 is 2.19 bits per heavy atom. The zero-order valence-electron chi connectivity index (χ0n) is 19.8. The molecule has 3 aromatic rings. The number of rotatable bonds is 6. The summed E-state index contributed by atoms with van der Waals surface area (Å²) < 4.78 is 59.7. The fraction of sp³-hybridized carbons (Fsp3) is 0.321. The predicted octanol–water partition coefficient (Wildman–Crippen LogP) is 6.22. The predicted molar refractivity (Wildman–Crippen MR) is 129 cm³/mol. The Kier molecular flexibility index (Phi) is 7.94. The second-order valence-electron chi connectivity index (χ2n) is 8.95. The maximum Gasteiger partial charge on any atom is 0.416 e. The van der Waals surface area contributed by atoms with Gasteiger partial charge in [-0.1, -0.05) is 60.7 Å². The Hall–Kier alpha value is -3.39. The lowest BCUT2D eigenvalue weighted by Crippen LogP contribution is -2.51. The van der Waals surface area contributed by atoms with Crippen LogP contribution >= 0.6 is 0 Å². The van der Waals surface area contributed by atoms with E-state index < -0.39 is 17.6 Å². The number of hydrogen-bond acceptors (Lipinski definition) is 2. The van der Waals surface area contributed by atoms with Crippen molar-refractivity contribution in [3.63, 3.8) is 0 Å². The zero-order valence-corrected chi connectivity index (χ0v) is 19.8. The van der Waals surface area contributed by atoms with Crippen LogP contribution in [-0.4, -0.2) is 37.2 Å². The maximum atomic E-state index is 13.9. The molecule has 1 aliphatic heterocycles. The standard InChI is InChI=1S/C28H28F4N2O2/c1-33-27(35)34-13-12-25(36-18-19-14-22(28(30,31)32)16-23(29)15-19)24(17-34)26(20-8-4-2-5-9-20)21-10-6-3-7-11-21/h2-11,14-16,24-26H,12-13,17-18H2,1H3,(H,33,35). The van der Waals surface area contributed by atoms with Crippen LogP contribution in [0.15, 0.2) is 78.9 Å². The molecule has 4 nitrogen and oxygen atoms in total. The Morgan fingerprint density at radius 2 is 1.64 bits per heavy atom. The van der Waals surface area contributed by atoms with Gasteiger partial charge in [0.2, 0.25) is 0 Å². The van der Waals surface area contributed by atoms with Gasteiger partial charge in [-0.2, -0.15) is 13.2 Å². The van der Waals surface area contributed by atoms with Crippen LogP contribution in [0.5, 0.6) is 0 Å². The van der Waals surface area contributed by atoms with E-state index in [0.29, 0.717) is 25.6 Å².